The number of amides is 1. The first-order chi connectivity index (χ1) is 15.3. The van der Waals surface area contributed by atoms with Crippen LogP contribution < -0.4 is 4.90 Å². The van der Waals surface area contributed by atoms with Gasteiger partial charge in [-0.2, -0.15) is 0 Å². The van der Waals surface area contributed by atoms with Gasteiger partial charge in [-0.1, -0.05) is 47.5 Å². The Morgan fingerprint density at radius 3 is 2.34 bits per heavy atom. The Kier molecular flexibility index (Phi) is 7.30. The number of hydrogen-bond donors (Lipinski definition) is 0. The van der Waals surface area contributed by atoms with Crippen molar-refractivity contribution >= 4 is 44.8 Å². The van der Waals surface area contributed by atoms with Gasteiger partial charge in [-0.3, -0.25) is 4.79 Å². The largest absolute Gasteiger partial charge is 0.368 e. The molecular formula is C23H27Cl2N3O3S. The van der Waals surface area contributed by atoms with Crippen molar-refractivity contribution in [1.82, 2.24) is 9.21 Å². The van der Waals surface area contributed by atoms with Gasteiger partial charge in [-0.25, -0.2) is 12.7 Å². The number of benzene rings is 2. The molecule has 1 amide bonds. The van der Waals surface area contributed by atoms with Crippen molar-refractivity contribution in [1.29, 1.82) is 0 Å². The van der Waals surface area contributed by atoms with Crippen LogP contribution in [0.3, 0.4) is 0 Å². The first-order valence-electron chi connectivity index (χ1n) is 10.8. The predicted octanol–water partition coefficient (Wildman–Crippen LogP) is 3.88. The van der Waals surface area contributed by atoms with E-state index < -0.39 is 10.0 Å². The summed E-state index contributed by atoms with van der Waals surface area (Å²) in [5.74, 6) is -0.386. The summed E-state index contributed by atoms with van der Waals surface area (Å²) < 4.78 is 27.5. The lowest BCUT2D eigenvalue weighted by molar-refractivity contribution is -0.137. The molecule has 172 valence electrons. The highest BCUT2D eigenvalue weighted by molar-refractivity contribution is 7.88. The Balaban J connectivity index is 1.36. The molecule has 0 aliphatic carbocycles. The zero-order chi connectivity index (χ0) is 22.7. The minimum Gasteiger partial charge on any atom is -0.368 e. The summed E-state index contributed by atoms with van der Waals surface area (Å²) in [6, 6.07) is 15.0. The molecule has 0 N–H and O–H groups in total. The van der Waals surface area contributed by atoms with E-state index in [9.17, 15) is 13.2 Å². The number of piperazine rings is 1. The number of para-hydroxylation sites is 1. The maximum Gasteiger partial charge on any atom is 0.227 e. The second-order valence-corrected chi connectivity index (χ2v) is 11.1. The number of carbonyl (C=O) groups excluding carboxylic acids is 1. The number of sulfonamides is 1. The van der Waals surface area contributed by atoms with Crippen LogP contribution in [0.5, 0.6) is 0 Å². The zero-order valence-corrected chi connectivity index (χ0v) is 20.1. The third-order valence-electron chi connectivity index (χ3n) is 6.17. The summed E-state index contributed by atoms with van der Waals surface area (Å²) in [5.41, 5.74) is 1.75. The van der Waals surface area contributed by atoms with Crippen molar-refractivity contribution in [3.05, 3.63) is 64.1 Å². The second kappa shape index (κ2) is 10.00. The van der Waals surface area contributed by atoms with Crippen molar-refractivity contribution in [3.8, 4) is 0 Å². The molecular weight excluding hydrogens is 469 g/mol. The number of carbonyl (C=O) groups is 1. The summed E-state index contributed by atoms with van der Waals surface area (Å²) in [6.45, 7) is 3.54. The normalized spacial score (nSPS) is 20.4. The highest BCUT2D eigenvalue weighted by atomic mass is 35.5. The topological polar surface area (TPSA) is 60.9 Å². The lowest BCUT2D eigenvalue weighted by atomic mass is 9.97. The van der Waals surface area contributed by atoms with Crippen molar-refractivity contribution in [2.75, 3.05) is 44.2 Å². The molecule has 32 heavy (non-hydrogen) atoms. The highest BCUT2D eigenvalue weighted by Gasteiger charge is 2.35. The van der Waals surface area contributed by atoms with E-state index in [1.54, 1.807) is 18.2 Å². The number of piperidine rings is 1. The molecule has 2 heterocycles. The molecule has 9 heteroatoms. The van der Waals surface area contributed by atoms with Crippen molar-refractivity contribution in [2.24, 2.45) is 5.92 Å². The Morgan fingerprint density at radius 1 is 0.938 bits per heavy atom. The Hall–Kier alpha value is -1.80. The van der Waals surface area contributed by atoms with E-state index in [4.69, 9.17) is 23.2 Å². The third kappa shape index (κ3) is 5.39. The van der Waals surface area contributed by atoms with Crippen molar-refractivity contribution in [2.45, 2.75) is 18.6 Å². The highest BCUT2D eigenvalue weighted by Crippen LogP contribution is 2.27. The van der Waals surface area contributed by atoms with Gasteiger partial charge >= 0.3 is 0 Å². The average Bonchev–Trinajstić information content (AvgIpc) is 2.81. The van der Waals surface area contributed by atoms with E-state index in [-0.39, 0.29) is 24.1 Å². The van der Waals surface area contributed by atoms with E-state index in [1.807, 2.05) is 23.1 Å². The fourth-order valence-electron chi connectivity index (χ4n) is 4.41. The third-order valence-corrected chi connectivity index (χ3v) is 8.73. The Labute approximate surface area is 199 Å². The molecule has 2 aliphatic heterocycles. The summed E-state index contributed by atoms with van der Waals surface area (Å²) >= 11 is 12.0. The standard InChI is InChI=1S/C23H27Cl2N3O3S/c24-21-9-8-18(15-22(21)25)17-32(30,31)28-10-4-5-19(16-28)23(29)27-13-11-26(12-14-27)20-6-2-1-3-7-20/h1-3,6-9,15,19H,4-5,10-14,16-17H2/t19-/m1/s1. The van der Waals surface area contributed by atoms with Gasteiger partial charge < -0.3 is 9.80 Å². The number of nitrogens with zero attached hydrogens (tertiary/aromatic N) is 3. The van der Waals surface area contributed by atoms with Crippen LogP contribution in [0.15, 0.2) is 48.5 Å². The first kappa shape index (κ1) is 23.4. The van der Waals surface area contributed by atoms with Crippen LogP contribution in [0.4, 0.5) is 5.69 Å². The molecule has 2 fully saturated rings. The molecule has 0 saturated carbocycles. The second-order valence-electron chi connectivity index (χ2n) is 8.35. The maximum atomic E-state index is 13.2. The van der Waals surface area contributed by atoms with Crippen LogP contribution >= 0.6 is 23.2 Å². The molecule has 1 atom stereocenters. The average molecular weight is 496 g/mol. The summed E-state index contributed by atoms with van der Waals surface area (Å²) in [6.07, 6.45) is 1.40. The molecule has 2 aromatic carbocycles. The van der Waals surface area contributed by atoms with Crippen LogP contribution in [0, 0.1) is 5.92 Å². The van der Waals surface area contributed by atoms with Gasteiger partial charge in [-0.15, -0.1) is 0 Å². The van der Waals surface area contributed by atoms with E-state index >= 15 is 0 Å². The molecule has 0 spiro atoms. The Bertz CT molecular complexity index is 1060. The van der Waals surface area contributed by atoms with Crippen LogP contribution in [0.1, 0.15) is 18.4 Å². The molecule has 0 aromatic heterocycles. The minimum absolute atomic E-state index is 0.0622. The van der Waals surface area contributed by atoms with Crippen LogP contribution in [-0.4, -0.2) is 62.8 Å². The van der Waals surface area contributed by atoms with E-state index in [0.29, 0.717) is 41.7 Å². The van der Waals surface area contributed by atoms with Gasteiger partial charge in [0.25, 0.3) is 0 Å². The smallest absolute Gasteiger partial charge is 0.227 e. The van der Waals surface area contributed by atoms with Crippen LogP contribution in [0.2, 0.25) is 10.0 Å². The minimum atomic E-state index is -3.56. The van der Waals surface area contributed by atoms with Gasteiger partial charge in [0.15, 0.2) is 0 Å². The molecule has 6 nitrogen and oxygen atoms in total. The molecule has 4 rings (SSSR count). The number of halogens is 2. The van der Waals surface area contributed by atoms with Gasteiger partial charge in [-0.05, 0) is 42.7 Å². The molecule has 2 saturated heterocycles. The van der Waals surface area contributed by atoms with Gasteiger partial charge in [0, 0.05) is 45.0 Å². The van der Waals surface area contributed by atoms with Gasteiger partial charge in [0.05, 0.1) is 21.7 Å². The van der Waals surface area contributed by atoms with Crippen molar-refractivity contribution in [3.63, 3.8) is 0 Å². The van der Waals surface area contributed by atoms with Gasteiger partial charge in [0.1, 0.15) is 0 Å². The molecule has 2 aromatic rings. The molecule has 2 aliphatic rings. The lowest BCUT2D eigenvalue weighted by Crippen LogP contribution is -2.53. The lowest BCUT2D eigenvalue weighted by Gasteiger charge is -2.39. The first-order valence-corrected chi connectivity index (χ1v) is 13.2. The van der Waals surface area contributed by atoms with Gasteiger partial charge in [0.2, 0.25) is 15.9 Å². The monoisotopic (exact) mass is 495 g/mol. The number of hydrogen-bond acceptors (Lipinski definition) is 4. The Morgan fingerprint density at radius 2 is 1.66 bits per heavy atom. The summed E-state index contributed by atoms with van der Waals surface area (Å²) in [5, 5.41) is 0.726. The van der Waals surface area contributed by atoms with Crippen LogP contribution in [0.25, 0.3) is 0 Å². The summed E-state index contributed by atoms with van der Waals surface area (Å²) in [4.78, 5) is 17.3. The SMILES string of the molecule is O=C([C@@H]1CCCN(S(=O)(=O)Cc2ccc(Cl)c(Cl)c2)C1)N1CCN(c2ccccc2)CC1. The molecule has 0 unspecified atom stereocenters. The fourth-order valence-corrected chi connectivity index (χ4v) is 6.33. The quantitative estimate of drug-likeness (QED) is 0.631. The molecule has 0 radical (unpaired) electrons. The maximum absolute atomic E-state index is 13.2. The van der Waals surface area contributed by atoms with E-state index in [0.717, 1.165) is 25.2 Å². The van der Waals surface area contributed by atoms with Crippen LogP contribution in [-0.2, 0) is 20.6 Å². The number of anilines is 1. The van der Waals surface area contributed by atoms with Crippen molar-refractivity contribution < 1.29 is 13.2 Å². The summed E-state index contributed by atoms with van der Waals surface area (Å²) in [7, 11) is -3.56. The molecule has 0 bridgehead atoms. The van der Waals surface area contributed by atoms with E-state index in [2.05, 4.69) is 17.0 Å². The zero-order valence-electron chi connectivity index (χ0n) is 17.8. The number of rotatable bonds is 5. The van der Waals surface area contributed by atoms with E-state index in [1.165, 1.54) is 4.31 Å². The predicted molar refractivity (Wildman–Crippen MR) is 129 cm³/mol. The fraction of sp³-hybridized carbons (Fsp3) is 0.435.